The number of nitrogens with zero attached hydrogens (tertiary/aromatic N) is 1. The van der Waals surface area contributed by atoms with Gasteiger partial charge in [0.05, 0.1) is 4.92 Å². The normalized spacial score (nSPS) is 17.5. The monoisotopic (exact) mass is 308 g/mol. The van der Waals surface area contributed by atoms with Crippen molar-refractivity contribution in [3.63, 3.8) is 0 Å². The first-order chi connectivity index (χ1) is 9.90. The third-order valence-corrected chi connectivity index (χ3v) is 3.89. The summed E-state index contributed by atoms with van der Waals surface area (Å²) in [4.78, 5) is 10.1. The quantitative estimate of drug-likeness (QED) is 0.374. The maximum Gasteiger partial charge on any atom is 0.277 e. The van der Waals surface area contributed by atoms with Crippen molar-refractivity contribution in [2.24, 2.45) is 0 Å². The Balaban J connectivity index is 2.40. The van der Waals surface area contributed by atoms with Crippen LogP contribution in [0.5, 0.6) is 0 Å². The Hall–Kier alpha value is -2.29. The Morgan fingerprint density at radius 3 is 2.67 bits per heavy atom. The third-order valence-electron chi connectivity index (χ3n) is 3.09. The van der Waals surface area contributed by atoms with Gasteiger partial charge in [0, 0.05) is 23.6 Å². The fraction of sp³-hybridized carbons (Fsp3) is 0.154. The lowest BCUT2D eigenvalue weighted by molar-refractivity contribution is -0.680. The molecule has 0 spiro atoms. The van der Waals surface area contributed by atoms with E-state index in [0.29, 0.717) is 16.7 Å². The number of hydrogen-bond donors (Lipinski definition) is 1. The van der Waals surface area contributed by atoms with Gasteiger partial charge in [-0.05, 0) is 24.6 Å². The van der Waals surface area contributed by atoms with Crippen LogP contribution in [0.25, 0.3) is 0 Å². The Morgan fingerprint density at radius 2 is 2.05 bits per heavy atom. The van der Waals surface area contributed by atoms with Crippen LogP contribution in [0.3, 0.4) is 0 Å². The molecule has 1 aliphatic rings. The number of nitro groups is 1. The minimum absolute atomic E-state index is 0.0319. The summed E-state index contributed by atoms with van der Waals surface area (Å²) in [6.45, 7) is 1.62. The summed E-state index contributed by atoms with van der Waals surface area (Å²) < 4.78 is 22.3. The van der Waals surface area contributed by atoms with Crippen molar-refractivity contribution in [1.82, 2.24) is 0 Å². The first kappa shape index (κ1) is 15.1. The maximum atomic E-state index is 11.6. The lowest BCUT2D eigenvalue weighted by atomic mass is 10.0. The van der Waals surface area contributed by atoms with Gasteiger partial charge in [-0.25, -0.2) is 0 Å². The molecule has 1 aromatic rings. The number of aryl methyl sites for hydroxylation is 1. The Morgan fingerprint density at radius 1 is 1.33 bits per heavy atom. The van der Waals surface area contributed by atoms with Gasteiger partial charge in [-0.2, -0.15) is 8.42 Å². The molecule has 0 saturated heterocycles. The number of hydrogen-bond acceptors (Lipinski definition) is 5. The van der Waals surface area contributed by atoms with E-state index in [4.69, 9.17) is 0 Å². The molecule has 0 fully saturated rings. The number of benzene rings is 1. The van der Waals surface area contributed by atoms with Crippen LogP contribution in [0, 0.1) is 22.2 Å². The van der Waals surface area contributed by atoms with E-state index < -0.39 is 20.3 Å². The number of rotatable bonds is 3. The van der Waals surface area contributed by atoms with Crippen LogP contribution in [0.2, 0.25) is 0 Å². The van der Waals surface area contributed by atoms with Gasteiger partial charge >= 0.3 is 0 Å². The van der Waals surface area contributed by atoms with Crippen LogP contribution in [0.1, 0.15) is 11.1 Å². The Kier molecular flexibility index (Phi) is 4.32. The SMILES string of the molecule is Cc1ccc(CC2=CC=C[NH+]([O-])C2=S(=O)=O)cc1[N+](=O)[O-]. The Labute approximate surface area is 122 Å². The first-order valence-electron chi connectivity index (χ1n) is 6.02. The molecule has 0 saturated carbocycles. The van der Waals surface area contributed by atoms with Crippen molar-refractivity contribution in [2.75, 3.05) is 0 Å². The molecule has 1 N–H and O–H groups in total. The molecule has 1 heterocycles. The number of quaternary nitrogens is 1. The summed E-state index contributed by atoms with van der Waals surface area (Å²) >= 11 is 0. The molecule has 8 heteroatoms. The van der Waals surface area contributed by atoms with Gasteiger partial charge in [0.15, 0.2) is 0 Å². The molecule has 0 radical (unpaired) electrons. The molecule has 110 valence electrons. The molecule has 0 aromatic heterocycles. The van der Waals surface area contributed by atoms with Crippen molar-refractivity contribution >= 4 is 21.0 Å². The standard InChI is InChI=1S/C13H12N2O5S/c1-9-4-5-10(8-12(9)15(17)18)7-11-3-2-6-14(16)13(11)21(19)20/h2-6,8,14H,7H2,1H3. The number of allylic oxidation sites excluding steroid dienone is 2. The van der Waals surface area contributed by atoms with Crippen LogP contribution < -0.4 is 5.06 Å². The van der Waals surface area contributed by atoms with Crippen LogP contribution >= 0.6 is 0 Å². The molecule has 1 unspecified atom stereocenters. The molecule has 0 bridgehead atoms. The summed E-state index contributed by atoms with van der Waals surface area (Å²) in [6.07, 6.45) is 4.31. The van der Waals surface area contributed by atoms with Crippen LogP contribution in [0.15, 0.2) is 42.1 Å². The fourth-order valence-electron chi connectivity index (χ4n) is 2.07. The average molecular weight is 308 g/mol. The zero-order valence-corrected chi connectivity index (χ0v) is 11.9. The van der Waals surface area contributed by atoms with E-state index in [1.165, 1.54) is 24.4 Å². The summed E-state index contributed by atoms with van der Waals surface area (Å²) in [5.41, 5.74) is 1.39. The highest BCUT2D eigenvalue weighted by Crippen LogP contribution is 2.21. The van der Waals surface area contributed by atoms with Gasteiger partial charge in [-0.1, -0.05) is 12.1 Å². The molecule has 21 heavy (non-hydrogen) atoms. The molecule has 1 atom stereocenters. The summed E-state index contributed by atoms with van der Waals surface area (Å²) in [5, 5.41) is 21.9. The summed E-state index contributed by atoms with van der Waals surface area (Å²) in [6, 6.07) is 4.67. The lowest BCUT2D eigenvalue weighted by Crippen LogP contribution is -3.06. The first-order valence-corrected chi connectivity index (χ1v) is 7.09. The predicted molar refractivity (Wildman–Crippen MR) is 77.0 cm³/mol. The van der Waals surface area contributed by atoms with Crippen molar-refractivity contribution < 1.29 is 18.4 Å². The largest absolute Gasteiger partial charge is 0.623 e. The molecule has 7 nitrogen and oxygen atoms in total. The van der Waals surface area contributed by atoms with Crippen molar-refractivity contribution in [3.8, 4) is 0 Å². The molecular weight excluding hydrogens is 296 g/mol. The van der Waals surface area contributed by atoms with E-state index in [1.54, 1.807) is 19.1 Å². The fourth-order valence-corrected chi connectivity index (χ4v) is 2.66. The van der Waals surface area contributed by atoms with Crippen LogP contribution in [-0.2, 0) is 16.7 Å². The van der Waals surface area contributed by atoms with Crippen molar-refractivity contribution in [1.29, 1.82) is 0 Å². The van der Waals surface area contributed by atoms with E-state index in [1.807, 2.05) is 0 Å². The zero-order chi connectivity index (χ0) is 15.6. The number of nitro benzene ring substituents is 1. The highest BCUT2D eigenvalue weighted by molar-refractivity contribution is 7.72. The maximum absolute atomic E-state index is 11.6. The molecule has 0 amide bonds. The molecular formula is C13H12N2O5S. The smallest absolute Gasteiger partial charge is 0.277 e. The lowest BCUT2D eigenvalue weighted by Gasteiger charge is -2.21. The predicted octanol–water partition coefficient (Wildman–Crippen LogP) is 0.291. The van der Waals surface area contributed by atoms with Gasteiger partial charge in [-0.15, -0.1) is 0 Å². The van der Waals surface area contributed by atoms with Crippen LogP contribution in [0.4, 0.5) is 5.69 Å². The minimum Gasteiger partial charge on any atom is -0.623 e. The second kappa shape index (κ2) is 6.00. The molecule has 0 aliphatic carbocycles. The van der Waals surface area contributed by atoms with Crippen molar-refractivity contribution in [2.45, 2.75) is 13.3 Å². The second-order valence-corrected chi connectivity index (χ2v) is 5.41. The van der Waals surface area contributed by atoms with Gasteiger partial charge in [0.2, 0.25) is 0 Å². The topological polar surface area (TPSA) is 105 Å². The molecule has 2 rings (SSSR count). The molecule has 1 aliphatic heterocycles. The third kappa shape index (κ3) is 3.24. The summed E-state index contributed by atoms with van der Waals surface area (Å²) in [7, 11) is -2.64. The van der Waals surface area contributed by atoms with Crippen LogP contribution in [-0.4, -0.2) is 18.3 Å². The zero-order valence-electron chi connectivity index (χ0n) is 11.1. The minimum atomic E-state index is -2.64. The molecule has 1 aromatic carbocycles. The van der Waals surface area contributed by atoms with E-state index in [0.717, 1.165) is 0 Å². The van der Waals surface area contributed by atoms with Gasteiger partial charge in [0.25, 0.3) is 21.0 Å². The number of nitrogens with one attached hydrogen (secondary N) is 1. The van der Waals surface area contributed by atoms with Gasteiger partial charge < -0.3 is 10.3 Å². The second-order valence-electron chi connectivity index (χ2n) is 4.53. The summed E-state index contributed by atoms with van der Waals surface area (Å²) in [5.74, 6) is 0. The van der Waals surface area contributed by atoms with E-state index in [2.05, 4.69) is 0 Å². The van der Waals surface area contributed by atoms with E-state index >= 15 is 0 Å². The Bertz CT molecular complexity index is 785. The van der Waals surface area contributed by atoms with Gasteiger partial charge in [0.1, 0.15) is 6.20 Å². The van der Waals surface area contributed by atoms with Crippen molar-refractivity contribution in [3.05, 3.63) is 68.6 Å². The van der Waals surface area contributed by atoms with Gasteiger partial charge in [-0.3, -0.25) is 10.1 Å². The average Bonchev–Trinajstić information content (AvgIpc) is 2.40. The highest BCUT2D eigenvalue weighted by atomic mass is 32.2. The van der Waals surface area contributed by atoms with E-state index in [-0.39, 0.29) is 17.1 Å². The van der Waals surface area contributed by atoms with E-state index in [9.17, 15) is 23.7 Å². The number of hydroxylamine groups is 2. The highest BCUT2D eigenvalue weighted by Gasteiger charge is 2.20.